The van der Waals surface area contributed by atoms with Crippen molar-refractivity contribution in [3.05, 3.63) is 0 Å². The summed E-state index contributed by atoms with van der Waals surface area (Å²) in [5, 5.41) is 3.11. The topological polar surface area (TPSA) is 83.3 Å². The van der Waals surface area contributed by atoms with Crippen LogP contribution in [-0.4, -0.2) is 120 Å². The summed E-state index contributed by atoms with van der Waals surface area (Å²) in [7, 11) is 1.66. The standard InChI is InChI=1S/C35H69N5O3/c1-42-29-30-43-28-17-35(41)37-31-34-15-26-40(27-16-34)21-7-3-6-20-39-24-13-33(14-25-39)10-8-9-32-11-22-38(23-12-32)19-5-2-4-18-36/h32-34H,2-31,36H2,1H3,(H,37,41). The van der Waals surface area contributed by atoms with Gasteiger partial charge in [0, 0.05) is 20.1 Å². The molecule has 3 N–H and O–H groups in total. The van der Waals surface area contributed by atoms with Crippen molar-refractivity contribution in [2.45, 2.75) is 103 Å². The number of hydrogen-bond donors (Lipinski definition) is 2. The molecule has 0 bridgehead atoms. The van der Waals surface area contributed by atoms with Gasteiger partial charge >= 0.3 is 0 Å². The lowest BCUT2D eigenvalue weighted by molar-refractivity contribution is -0.122. The van der Waals surface area contributed by atoms with Crippen LogP contribution in [0.3, 0.4) is 0 Å². The first-order chi connectivity index (χ1) is 21.2. The average Bonchev–Trinajstić information content (AvgIpc) is 3.04. The van der Waals surface area contributed by atoms with Crippen LogP contribution in [0.4, 0.5) is 0 Å². The number of unbranched alkanes of at least 4 members (excludes halogenated alkanes) is 4. The zero-order chi connectivity index (χ0) is 30.4. The number of amides is 1. The molecule has 0 atom stereocenters. The lowest BCUT2D eigenvalue weighted by atomic mass is 9.87. The maximum absolute atomic E-state index is 12.0. The Labute approximate surface area is 265 Å². The molecule has 252 valence electrons. The lowest BCUT2D eigenvalue weighted by Gasteiger charge is -2.34. The van der Waals surface area contributed by atoms with Gasteiger partial charge in [0.25, 0.3) is 0 Å². The highest BCUT2D eigenvalue weighted by Crippen LogP contribution is 2.27. The van der Waals surface area contributed by atoms with Crippen molar-refractivity contribution in [2.24, 2.45) is 23.5 Å². The summed E-state index contributed by atoms with van der Waals surface area (Å²) in [5.41, 5.74) is 5.62. The molecule has 0 radical (unpaired) electrons. The SMILES string of the molecule is COCCOCCC(=O)NCC1CCN(CCCCCN2CCC(CCCC3CCN(CCCCCN)CC3)CC2)CC1. The molecule has 3 aliphatic rings. The van der Waals surface area contributed by atoms with Crippen LogP contribution < -0.4 is 11.1 Å². The number of likely N-dealkylation sites (tertiary alicyclic amines) is 3. The van der Waals surface area contributed by atoms with Gasteiger partial charge in [0.05, 0.1) is 19.8 Å². The van der Waals surface area contributed by atoms with Crippen molar-refractivity contribution in [3.63, 3.8) is 0 Å². The zero-order valence-corrected chi connectivity index (χ0v) is 28.1. The minimum atomic E-state index is 0.107. The summed E-state index contributed by atoms with van der Waals surface area (Å²) in [6.45, 7) is 14.8. The van der Waals surface area contributed by atoms with Crippen LogP contribution in [0.15, 0.2) is 0 Å². The van der Waals surface area contributed by atoms with E-state index >= 15 is 0 Å². The molecule has 3 rings (SSSR count). The number of methoxy groups -OCH3 is 1. The molecule has 3 fully saturated rings. The Balaban J connectivity index is 1.08. The van der Waals surface area contributed by atoms with Crippen LogP contribution in [0, 0.1) is 17.8 Å². The Morgan fingerprint density at radius 3 is 1.63 bits per heavy atom. The molecule has 3 heterocycles. The summed E-state index contributed by atoms with van der Waals surface area (Å²) in [4.78, 5) is 20.1. The number of carbonyl (C=O) groups excluding carboxylic acids is 1. The van der Waals surface area contributed by atoms with Gasteiger partial charge in [0.15, 0.2) is 0 Å². The van der Waals surface area contributed by atoms with E-state index in [9.17, 15) is 4.79 Å². The molecule has 0 unspecified atom stereocenters. The largest absolute Gasteiger partial charge is 0.382 e. The van der Waals surface area contributed by atoms with E-state index in [4.69, 9.17) is 15.2 Å². The van der Waals surface area contributed by atoms with Crippen molar-refractivity contribution >= 4 is 5.91 Å². The molecule has 0 saturated carbocycles. The third-order valence-corrected chi connectivity index (χ3v) is 10.5. The summed E-state index contributed by atoms with van der Waals surface area (Å²) in [6.07, 6.45) is 20.8. The van der Waals surface area contributed by atoms with Crippen molar-refractivity contribution in [2.75, 3.05) is 98.9 Å². The van der Waals surface area contributed by atoms with Crippen molar-refractivity contribution in [3.8, 4) is 0 Å². The van der Waals surface area contributed by atoms with Crippen LogP contribution in [0.1, 0.15) is 103 Å². The molecule has 8 nitrogen and oxygen atoms in total. The van der Waals surface area contributed by atoms with Gasteiger partial charge in [-0.1, -0.05) is 32.1 Å². The third-order valence-electron chi connectivity index (χ3n) is 10.5. The number of rotatable bonds is 23. The fraction of sp³-hybridized carbons (Fsp3) is 0.971. The fourth-order valence-corrected chi connectivity index (χ4v) is 7.37. The Kier molecular flexibility index (Phi) is 20.1. The summed E-state index contributed by atoms with van der Waals surface area (Å²) in [5.74, 6) is 2.70. The smallest absolute Gasteiger partial charge is 0.222 e. The molecular formula is C35H69N5O3. The van der Waals surface area contributed by atoms with E-state index in [1.165, 1.54) is 155 Å². The van der Waals surface area contributed by atoms with Crippen LogP contribution in [-0.2, 0) is 14.3 Å². The summed E-state index contributed by atoms with van der Waals surface area (Å²) < 4.78 is 10.3. The zero-order valence-electron chi connectivity index (χ0n) is 28.1. The molecule has 0 aliphatic carbocycles. The highest BCUT2D eigenvalue weighted by molar-refractivity contribution is 5.75. The molecule has 8 heteroatoms. The van der Waals surface area contributed by atoms with Crippen LogP contribution >= 0.6 is 0 Å². The van der Waals surface area contributed by atoms with Gasteiger partial charge in [0.2, 0.25) is 5.91 Å². The minimum absolute atomic E-state index is 0.107. The van der Waals surface area contributed by atoms with Gasteiger partial charge in [-0.3, -0.25) is 4.79 Å². The monoisotopic (exact) mass is 608 g/mol. The first kappa shape index (κ1) is 36.7. The van der Waals surface area contributed by atoms with Crippen LogP contribution in [0.25, 0.3) is 0 Å². The van der Waals surface area contributed by atoms with Gasteiger partial charge in [-0.15, -0.1) is 0 Å². The number of carbonyl (C=O) groups is 1. The van der Waals surface area contributed by atoms with E-state index in [1.807, 2.05) is 0 Å². The fourth-order valence-electron chi connectivity index (χ4n) is 7.37. The number of nitrogens with two attached hydrogens (primary N) is 1. The molecule has 1 amide bonds. The summed E-state index contributed by atoms with van der Waals surface area (Å²) >= 11 is 0. The number of nitrogens with zero attached hydrogens (tertiary/aromatic N) is 3. The first-order valence-corrected chi connectivity index (χ1v) is 18.4. The maximum Gasteiger partial charge on any atom is 0.222 e. The highest BCUT2D eigenvalue weighted by atomic mass is 16.5. The van der Waals surface area contributed by atoms with Gasteiger partial charge in [-0.2, -0.15) is 0 Å². The second-order valence-corrected chi connectivity index (χ2v) is 13.9. The van der Waals surface area contributed by atoms with Crippen molar-refractivity contribution in [1.82, 2.24) is 20.0 Å². The molecular weight excluding hydrogens is 538 g/mol. The number of ether oxygens (including phenoxy) is 2. The number of hydrogen-bond acceptors (Lipinski definition) is 7. The Hall–Kier alpha value is -0.770. The van der Waals surface area contributed by atoms with E-state index < -0.39 is 0 Å². The lowest BCUT2D eigenvalue weighted by Crippen LogP contribution is -2.39. The Morgan fingerprint density at radius 1 is 0.651 bits per heavy atom. The quantitative estimate of drug-likeness (QED) is 0.162. The molecule has 0 aromatic heterocycles. The molecule has 3 aliphatic heterocycles. The van der Waals surface area contributed by atoms with Crippen molar-refractivity contribution in [1.29, 1.82) is 0 Å². The van der Waals surface area contributed by atoms with Gasteiger partial charge < -0.3 is 35.2 Å². The third kappa shape index (κ3) is 16.9. The Morgan fingerprint density at radius 2 is 1.14 bits per heavy atom. The molecule has 3 saturated heterocycles. The summed E-state index contributed by atoms with van der Waals surface area (Å²) in [6, 6.07) is 0. The van der Waals surface area contributed by atoms with Gasteiger partial charge in [-0.05, 0) is 147 Å². The molecule has 43 heavy (non-hydrogen) atoms. The predicted octanol–water partition coefficient (Wildman–Crippen LogP) is 4.76. The average molecular weight is 608 g/mol. The predicted molar refractivity (Wildman–Crippen MR) is 178 cm³/mol. The van der Waals surface area contributed by atoms with E-state index in [-0.39, 0.29) is 5.91 Å². The first-order valence-electron chi connectivity index (χ1n) is 18.4. The maximum atomic E-state index is 12.0. The molecule has 0 aromatic rings. The molecule has 0 aromatic carbocycles. The van der Waals surface area contributed by atoms with E-state index in [0.29, 0.717) is 32.2 Å². The van der Waals surface area contributed by atoms with Gasteiger partial charge in [0.1, 0.15) is 0 Å². The van der Waals surface area contributed by atoms with Crippen molar-refractivity contribution < 1.29 is 14.3 Å². The Bertz CT molecular complexity index is 674. The molecule has 0 spiro atoms. The second-order valence-electron chi connectivity index (χ2n) is 13.9. The number of nitrogens with one attached hydrogen (secondary N) is 1. The van der Waals surface area contributed by atoms with Crippen LogP contribution in [0.5, 0.6) is 0 Å². The van der Waals surface area contributed by atoms with E-state index in [0.717, 1.165) is 24.9 Å². The highest BCUT2D eigenvalue weighted by Gasteiger charge is 2.22. The van der Waals surface area contributed by atoms with E-state index in [1.54, 1.807) is 7.11 Å². The second kappa shape index (κ2) is 23.6. The number of piperidine rings is 3. The normalized spacial score (nSPS) is 20.6. The van der Waals surface area contributed by atoms with Gasteiger partial charge in [-0.25, -0.2) is 0 Å². The van der Waals surface area contributed by atoms with E-state index in [2.05, 4.69) is 20.0 Å². The van der Waals surface area contributed by atoms with Crippen LogP contribution in [0.2, 0.25) is 0 Å². The minimum Gasteiger partial charge on any atom is -0.382 e.